The maximum atomic E-state index is 13.8. The Labute approximate surface area is 204 Å². The molecule has 2 aromatic heterocycles. The first-order chi connectivity index (χ1) is 17.2. The second-order valence-corrected chi connectivity index (χ2v) is 8.93. The van der Waals surface area contributed by atoms with Crippen LogP contribution in [0.2, 0.25) is 0 Å². The highest BCUT2D eigenvalue weighted by Gasteiger charge is 2.34. The molecule has 1 aliphatic rings. The number of hydrogen-bond donors (Lipinski definition) is 0. The fourth-order valence-electron chi connectivity index (χ4n) is 4.51. The first-order valence-electron chi connectivity index (χ1n) is 11.5. The van der Waals surface area contributed by atoms with Crippen LogP contribution in [0.4, 0.5) is 13.2 Å². The minimum absolute atomic E-state index is 0.0185. The zero-order chi connectivity index (χ0) is 25.4. The SMILES string of the molecule is Cc1ccc(-c2ncccn2)c(C(=O)N2C[C@H](c3nc4cc(OC(F)(F)F)ccc4o3)CC[C@H]2C)c1. The molecular weight excluding hydrogens is 473 g/mol. The minimum atomic E-state index is -4.79. The average Bonchev–Trinajstić information content (AvgIpc) is 3.27. The summed E-state index contributed by atoms with van der Waals surface area (Å²) >= 11 is 0. The Hall–Kier alpha value is -3.95. The Bertz CT molecular complexity index is 1400. The predicted octanol–water partition coefficient (Wildman–Crippen LogP) is 5.90. The van der Waals surface area contributed by atoms with Crippen LogP contribution in [0.1, 0.15) is 47.5 Å². The number of amides is 1. The second-order valence-electron chi connectivity index (χ2n) is 8.93. The summed E-state index contributed by atoms with van der Waals surface area (Å²) in [7, 11) is 0. The third kappa shape index (κ3) is 4.89. The lowest BCUT2D eigenvalue weighted by molar-refractivity contribution is -0.274. The Morgan fingerprint density at radius 1 is 1.11 bits per heavy atom. The Kier molecular flexibility index (Phi) is 6.11. The molecule has 36 heavy (non-hydrogen) atoms. The van der Waals surface area contributed by atoms with Crippen LogP contribution < -0.4 is 4.74 Å². The largest absolute Gasteiger partial charge is 0.573 e. The van der Waals surface area contributed by atoms with E-state index in [1.165, 1.54) is 18.2 Å². The van der Waals surface area contributed by atoms with Crippen molar-refractivity contribution in [2.45, 2.75) is 45.0 Å². The van der Waals surface area contributed by atoms with Gasteiger partial charge in [-0.15, -0.1) is 13.2 Å². The van der Waals surface area contributed by atoms with Gasteiger partial charge in [0.05, 0.1) is 11.5 Å². The molecule has 7 nitrogen and oxygen atoms in total. The number of carbonyl (C=O) groups is 1. The van der Waals surface area contributed by atoms with E-state index in [-0.39, 0.29) is 29.1 Å². The zero-order valence-corrected chi connectivity index (χ0v) is 19.6. The molecule has 0 unspecified atom stereocenters. The molecule has 0 spiro atoms. The first-order valence-corrected chi connectivity index (χ1v) is 11.5. The van der Waals surface area contributed by atoms with Gasteiger partial charge in [-0.1, -0.05) is 17.7 Å². The van der Waals surface area contributed by atoms with Crippen LogP contribution in [-0.4, -0.2) is 44.7 Å². The van der Waals surface area contributed by atoms with Crippen LogP contribution in [0, 0.1) is 6.92 Å². The molecule has 0 radical (unpaired) electrons. The fraction of sp³-hybridized carbons (Fsp3) is 0.308. The summed E-state index contributed by atoms with van der Waals surface area (Å²) in [6.07, 6.45) is -0.0738. The van der Waals surface area contributed by atoms with Crippen LogP contribution in [-0.2, 0) is 0 Å². The van der Waals surface area contributed by atoms with Gasteiger partial charge in [-0.05, 0) is 51.0 Å². The standard InChI is InChI=1S/C26H23F3N4O3/c1-15-4-8-19(23-30-10-3-11-31-23)20(12-15)25(34)33-14-17(6-5-16(33)2)24-32-21-13-18(36-26(27,28)29)7-9-22(21)35-24/h3-4,7-13,16-17H,5-6,14H2,1-2H3/t16-,17-/m1/s1. The maximum Gasteiger partial charge on any atom is 0.573 e. The summed E-state index contributed by atoms with van der Waals surface area (Å²) in [6.45, 7) is 4.28. The normalized spacial score (nSPS) is 18.4. The molecule has 2 aromatic carbocycles. The van der Waals surface area contributed by atoms with E-state index in [2.05, 4.69) is 19.7 Å². The number of oxazole rings is 1. The number of aryl methyl sites for hydroxylation is 1. The van der Waals surface area contributed by atoms with E-state index in [1.807, 2.05) is 32.0 Å². The molecule has 5 rings (SSSR count). The van der Waals surface area contributed by atoms with E-state index in [4.69, 9.17) is 4.42 Å². The van der Waals surface area contributed by atoms with Gasteiger partial charge < -0.3 is 14.1 Å². The molecular formula is C26H23F3N4O3. The van der Waals surface area contributed by atoms with Gasteiger partial charge >= 0.3 is 6.36 Å². The van der Waals surface area contributed by atoms with Crippen molar-refractivity contribution < 1.29 is 27.1 Å². The summed E-state index contributed by atoms with van der Waals surface area (Å²) in [5, 5.41) is 0. The lowest BCUT2D eigenvalue weighted by atomic mass is 9.92. The third-order valence-electron chi connectivity index (χ3n) is 6.31. The first kappa shape index (κ1) is 23.8. The molecule has 186 valence electrons. The van der Waals surface area contributed by atoms with Gasteiger partial charge in [0.1, 0.15) is 11.3 Å². The molecule has 3 heterocycles. The number of halogens is 3. The number of piperidine rings is 1. The van der Waals surface area contributed by atoms with Crippen molar-refractivity contribution >= 4 is 17.0 Å². The number of aromatic nitrogens is 3. The maximum absolute atomic E-state index is 13.8. The van der Waals surface area contributed by atoms with Crippen LogP contribution in [0.5, 0.6) is 5.75 Å². The highest BCUT2D eigenvalue weighted by molar-refractivity contribution is 6.00. The van der Waals surface area contributed by atoms with Gasteiger partial charge in [0, 0.05) is 36.6 Å². The molecule has 0 N–H and O–H groups in total. The number of likely N-dealkylation sites (tertiary alicyclic amines) is 1. The van der Waals surface area contributed by atoms with Gasteiger partial charge in [0.2, 0.25) is 0 Å². The van der Waals surface area contributed by atoms with Crippen LogP contribution >= 0.6 is 0 Å². The van der Waals surface area contributed by atoms with Crippen LogP contribution in [0.3, 0.4) is 0 Å². The van der Waals surface area contributed by atoms with Crippen LogP contribution in [0.15, 0.2) is 59.3 Å². The molecule has 0 bridgehead atoms. The number of ether oxygens (including phenoxy) is 1. The van der Waals surface area contributed by atoms with E-state index in [0.29, 0.717) is 35.0 Å². The lowest BCUT2D eigenvalue weighted by Gasteiger charge is -2.37. The molecule has 1 amide bonds. The van der Waals surface area contributed by atoms with Crippen molar-refractivity contribution in [2.75, 3.05) is 6.54 Å². The monoisotopic (exact) mass is 496 g/mol. The smallest absolute Gasteiger partial charge is 0.440 e. The fourth-order valence-corrected chi connectivity index (χ4v) is 4.51. The number of hydrogen-bond acceptors (Lipinski definition) is 6. The summed E-state index contributed by atoms with van der Waals surface area (Å²) < 4.78 is 47.6. The minimum Gasteiger partial charge on any atom is -0.440 e. The summed E-state index contributed by atoms with van der Waals surface area (Å²) in [4.78, 5) is 28.6. The topological polar surface area (TPSA) is 81.4 Å². The van der Waals surface area contributed by atoms with Gasteiger partial charge in [0.25, 0.3) is 5.91 Å². The van der Waals surface area contributed by atoms with Crippen molar-refractivity contribution in [2.24, 2.45) is 0 Å². The van der Waals surface area contributed by atoms with Crippen molar-refractivity contribution in [1.29, 1.82) is 0 Å². The predicted molar refractivity (Wildman–Crippen MR) is 125 cm³/mol. The average molecular weight is 496 g/mol. The number of benzene rings is 2. The summed E-state index contributed by atoms with van der Waals surface area (Å²) in [5.74, 6) is 0.146. The molecule has 0 saturated carbocycles. The van der Waals surface area contributed by atoms with Gasteiger partial charge in [-0.2, -0.15) is 0 Å². The zero-order valence-electron chi connectivity index (χ0n) is 19.6. The van der Waals surface area contributed by atoms with E-state index in [9.17, 15) is 18.0 Å². The molecule has 0 aliphatic carbocycles. The number of alkyl halides is 3. The van der Waals surface area contributed by atoms with E-state index >= 15 is 0 Å². The van der Waals surface area contributed by atoms with E-state index in [0.717, 1.165) is 18.4 Å². The Morgan fingerprint density at radius 2 is 1.89 bits per heavy atom. The highest BCUT2D eigenvalue weighted by Crippen LogP contribution is 2.35. The van der Waals surface area contributed by atoms with Crippen molar-refractivity contribution in [3.05, 3.63) is 71.9 Å². The molecule has 1 aliphatic heterocycles. The second kappa shape index (κ2) is 9.25. The van der Waals surface area contributed by atoms with Gasteiger partial charge in [-0.25, -0.2) is 15.0 Å². The number of rotatable bonds is 4. The molecule has 1 saturated heterocycles. The lowest BCUT2D eigenvalue weighted by Crippen LogP contribution is -2.45. The van der Waals surface area contributed by atoms with E-state index in [1.54, 1.807) is 23.4 Å². The van der Waals surface area contributed by atoms with Gasteiger partial charge in [-0.3, -0.25) is 4.79 Å². The molecule has 4 aromatic rings. The highest BCUT2D eigenvalue weighted by atomic mass is 19.4. The number of fused-ring (bicyclic) bond motifs is 1. The summed E-state index contributed by atoms with van der Waals surface area (Å²) in [5.41, 5.74) is 2.73. The Balaban J connectivity index is 1.43. The van der Waals surface area contributed by atoms with Crippen molar-refractivity contribution in [3.63, 3.8) is 0 Å². The van der Waals surface area contributed by atoms with Crippen LogP contribution in [0.25, 0.3) is 22.5 Å². The molecule has 10 heteroatoms. The van der Waals surface area contributed by atoms with Crippen molar-refractivity contribution in [3.8, 4) is 17.1 Å². The number of nitrogens with zero attached hydrogens (tertiary/aromatic N) is 4. The quantitative estimate of drug-likeness (QED) is 0.350. The van der Waals surface area contributed by atoms with E-state index < -0.39 is 6.36 Å². The van der Waals surface area contributed by atoms with Gasteiger partial charge in [0.15, 0.2) is 17.3 Å². The number of carbonyl (C=O) groups excluding carboxylic acids is 1. The summed E-state index contributed by atoms with van der Waals surface area (Å²) in [6, 6.07) is 11.1. The molecule has 2 atom stereocenters. The van der Waals surface area contributed by atoms with Crippen molar-refractivity contribution in [1.82, 2.24) is 19.9 Å². The molecule has 1 fully saturated rings. The third-order valence-corrected chi connectivity index (χ3v) is 6.31. The Morgan fingerprint density at radius 3 is 2.64 bits per heavy atom.